The number of anilines is 1. The Morgan fingerprint density at radius 3 is 2.41 bits per heavy atom. The first kappa shape index (κ1) is 23.2. The van der Waals surface area contributed by atoms with Crippen LogP contribution in [0, 0.1) is 0 Å². The molecular formula is C21H22Cl2N4O3S2. The molecule has 170 valence electrons. The van der Waals surface area contributed by atoms with Crippen LogP contribution in [0.25, 0.3) is 0 Å². The minimum absolute atomic E-state index is 0.0572. The third-order valence-electron chi connectivity index (χ3n) is 5.33. The highest BCUT2D eigenvalue weighted by Gasteiger charge is 2.23. The summed E-state index contributed by atoms with van der Waals surface area (Å²) in [4.78, 5) is 19.0. The van der Waals surface area contributed by atoms with Crippen LogP contribution in [-0.2, 0) is 10.0 Å². The zero-order valence-electron chi connectivity index (χ0n) is 17.1. The molecule has 2 aromatic carbocycles. The van der Waals surface area contributed by atoms with Gasteiger partial charge in [-0.05, 0) is 55.3 Å². The number of carbonyl (C=O) groups is 1. The number of sulfonamides is 1. The maximum atomic E-state index is 12.5. The van der Waals surface area contributed by atoms with E-state index in [2.05, 4.69) is 19.9 Å². The Hall–Kier alpha value is -1.94. The number of benzene rings is 2. The molecule has 0 saturated carbocycles. The number of amides is 1. The molecule has 11 heteroatoms. The van der Waals surface area contributed by atoms with Gasteiger partial charge in [-0.3, -0.25) is 14.5 Å². The maximum Gasteiger partial charge on any atom is 0.263 e. The first-order valence-corrected chi connectivity index (χ1v) is 13.4. The summed E-state index contributed by atoms with van der Waals surface area (Å²) in [6.45, 7) is 2.14. The van der Waals surface area contributed by atoms with Crippen LogP contribution in [0.3, 0.4) is 0 Å². The summed E-state index contributed by atoms with van der Waals surface area (Å²) in [6.07, 6.45) is 1.57. The molecule has 0 spiro atoms. The van der Waals surface area contributed by atoms with Crippen molar-refractivity contribution in [2.75, 3.05) is 30.3 Å². The molecule has 2 N–H and O–H groups in total. The van der Waals surface area contributed by atoms with Crippen molar-refractivity contribution >= 4 is 61.7 Å². The van der Waals surface area contributed by atoms with Crippen LogP contribution < -0.4 is 14.9 Å². The summed E-state index contributed by atoms with van der Waals surface area (Å²) in [5.41, 5.74) is 1.43. The first-order chi connectivity index (χ1) is 15.3. The smallest absolute Gasteiger partial charge is 0.263 e. The van der Waals surface area contributed by atoms with Gasteiger partial charge in [-0.15, -0.1) is 0 Å². The molecule has 0 aliphatic carbocycles. The minimum Gasteiger partial charge on any atom is -0.371 e. The number of aliphatic imine (C=N–C) groups is 1. The number of hydrogen-bond donors (Lipinski definition) is 2. The van der Waals surface area contributed by atoms with Crippen LogP contribution in [0.1, 0.15) is 23.2 Å². The fourth-order valence-electron chi connectivity index (χ4n) is 3.59. The van der Waals surface area contributed by atoms with E-state index in [9.17, 15) is 13.2 Å². The predicted octanol–water partition coefficient (Wildman–Crippen LogP) is 3.77. The van der Waals surface area contributed by atoms with E-state index in [-0.39, 0.29) is 16.8 Å². The predicted molar refractivity (Wildman–Crippen MR) is 131 cm³/mol. The number of rotatable bonds is 5. The minimum atomic E-state index is -3.63. The molecule has 0 unspecified atom stereocenters. The van der Waals surface area contributed by atoms with Gasteiger partial charge in [-0.2, -0.15) is 0 Å². The Morgan fingerprint density at radius 1 is 1.06 bits per heavy atom. The second-order valence-electron chi connectivity index (χ2n) is 7.50. The maximum absolute atomic E-state index is 12.5. The molecular weight excluding hydrogens is 491 g/mol. The monoisotopic (exact) mass is 512 g/mol. The normalized spacial score (nSPS) is 17.2. The molecule has 7 nitrogen and oxygen atoms in total. The molecule has 2 aromatic rings. The van der Waals surface area contributed by atoms with E-state index in [4.69, 9.17) is 23.2 Å². The number of piperidine rings is 1. The number of carbonyl (C=O) groups excluding carboxylic acids is 1. The van der Waals surface area contributed by atoms with Gasteiger partial charge in [-0.25, -0.2) is 8.42 Å². The zero-order chi connectivity index (χ0) is 22.7. The Bertz CT molecular complexity index is 1130. The average molecular weight is 513 g/mol. The Kier molecular flexibility index (Phi) is 7.19. The van der Waals surface area contributed by atoms with E-state index < -0.39 is 10.0 Å². The van der Waals surface area contributed by atoms with Gasteiger partial charge in [0.05, 0.1) is 21.5 Å². The standard InChI is InChI=1S/C21H22Cl2N4O3S2/c22-18-6-1-14(13-19(18)23)20(28)25-15-7-10-27(11-8-15)16-2-4-17(5-3-16)32(29,30)26-21-24-9-12-31-21/h1-6,13,15H,7-12H2,(H,24,26)(H,25,28). The molecule has 4 rings (SSSR count). The van der Waals surface area contributed by atoms with Gasteiger partial charge in [0, 0.05) is 36.1 Å². The summed E-state index contributed by atoms with van der Waals surface area (Å²) in [5, 5.41) is 4.26. The third kappa shape index (κ3) is 5.51. The lowest BCUT2D eigenvalue weighted by molar-refractivity contribution is 0.0931. The van der Waals surface area contributed by atoms with Gasteiger partial charge >= 0.3 is 0 Å². The number of amidine groups is 1. The number of nitrogens with zero attached hydrogens (tertiary/aromatic N) is 2. The van der Waals surface area contributed by atoms with Crippen molar-refractivity contribution in [3.8, 4) is 0 Å². The van der Waals surface area contributed by atoms with Crippen molar-refractivity contribution in [2.24, 2.45) is 4.99 Å². The fraction of sp³-hybridized carbons (Fsp3) is 0.333. The number of hydrogen-bond acceptors (Lipinski definition) is 6. The third-order valence-corrected chi connectivity index (χ3v) is 8.45. The summed E-state index contributed by atoms with van der Waals surface area (Å²) in [6, 6.07) is 11.7. The molecule has 32 heavy (non-hydrogen) atoms. The average Bonchev–Trinajstić information content (AvgIpc) is 3.28. The van der Waals surface area contributed by atoms with Gasteiger partial charge in [0.2, 0.25) is 0 Å². The molecule has 0 bridgehead atoms. The highest BCUT2D eigenvalue weighted by molar-refractivity contribution is 8.15. The van der Waals surface area contributed by atoms with E-state index in [0.717, 1.165) is 37.4 Å². The summed E-state index contributed by atoms with van der Waals surface area (Å²) in [5.74, 6) is 0.620. The lowest BCUT2D eigenvalue weighted by Gasteiger charge is -2.34. The highest BCUT2D eigenvalue weighted by atomic mass is 35.5. The SMILES string of the molecule is O=C(NC1CCN(c2ccc(S(=O)(=O)NC3=NCCS3)cc2)CC1)c1ccc(Cl)c(Cl)c1. The van der Waals surface area contributed by atoms with Crippen molar-refractivity contribution in [2.45, 2.75) is 23.8 Å². The molecule has 0 atom stereocenters. The number of nitrogens with one attached hydrogen (secondary N) is 2. The van der Waals surface area contributed by atoms with Gasteiger partial charge in [0.1, 0.15) is 0 Å². The van der Waals surface area contributed by atoms with Crippen LogP contribution in [-0.4, -0.2) is 50.9 Å². The van der Waals surface area contributed by atoms with E-state index >= 15 is 0 Å². The van der Waals surface area contributed by atoms with Gasteiger partial charge < -0.3 is 10.2 Å². The number of halogens is 2. The number of thioether (sulfide) groups is 1. The zero-order valence-corrected chi connectivity index (χ0v) is 20.2. The van der Waals surface area contributed by atoms with Crippen LogP contribution in [0.4, 0.5) is 5.69 Å². The van der Waals surface area contributed by atoms with Crippen LogP contribution in [0.5, 0.6) is 0 Å². The van der Waals surface area contributed by atoms with Crippen molar-refractivity contribution in [1.29, 1.82) is 0 Å². The molecule has 0 aromatic heterocycles. The van der Waals surface area contributed by atoms with Gasteiger partial charge in [0.25, 0.3) is 15.9 Å². The first-order valence-electron chi connectivity index (χ1n) is 10.1. The van der Waals surface area contributed by atoms with Crippen molar-refractivity contribution < 1.29 is 13.2 Å². The molecule has 2 aliphatic rings. The second kappa shape index (κ2) is 9.91. The van der Waals surface area contributed by atoms with E-state index in [1.165, 1.54) is 11.8 Å². The Balaban J connectivity index is 1.32. The summed E-state index contributed by atoms with van der Waals surface area (Å²) < 4.78 is 27.5. The fourth-order valence-corrected chi connectivity index (χ4v) is 5.92. The lowest BCUT2D eigenvalue weighted by atomic mass is 10.0. The van der Waals surface area contributed by atoms with Crippen LogP contribution in [0.2, 0.25) is 10.0 Å². The molecule has 1 saturated heterocycles. The van der Waals surface area contributed by atoms with Crippen molar-refractivity contribution in [3.63, 3.8) is 0 Å². The van der Waals surface area contributed by atoms with E-state index in [0.29, 0.717) is 27.3 Å². The largest absolute Gasteiger partial charge is 0.371 e. The van der Waals surface area contributed by atoms with Crippen molar-refractivity contribution in [3.05, 3.63) is 58.1 Å². The van der Waals surface area contributed by atoms with E-state index in [1.807, 2.05) is 12.1 Å². The molecule has 1 fully saturated rings. The van der Waals surface area contributed by atoms with Crippen LogP contribution >= 0.6 is 35.0 Å². The van der Waals surface area contributed by atoms with Crippen LogP contribution in [0.15, 0.2) is 52.4 Å². The van der Waals surface area contributed by atoms with E-state index in [1.54, 1.807) is 30.3 Å². The molecule has 1 amide bonds. The second-order valence-corrected chi connectivity index (χ2v) is 11.1. The van der Waals surface area contributed by atoms with Gasteiger partial charge in [0.15, 0.2) is 5.17 Å². The Labute approximate surface area is 201 Å². The topological polar surface area (TPSA) is 90.9 Å². The molecule has 0 radical (unpaired) electrons. The summed E-state index contributed by atoms with van der Waals surface area (Å²) in [7, 11) is -3.63. The quantitative estimate of drug-likeness (QED) is 0.636. The van der Waals surface area contributed by atoms with Crippen molar-refractivity contribution in [1.82, 2.24) is 10.0 Å². The highest BCUT2D eigenvalue weighted by Crippen LogP contribution is 2.24. The molecule has 2 aliphatic heterocycles. The Morgan fingerprint density at radius 2 is 1.78 bits per heavy atom. The summed E-state index contributed by atoms with van der Waals surface area (Å²) >= 11 is 13.3. The lowest BCUT2D eigenvalue weighted by Crippen LogP contribution is -2.44. The van der Waals surface area contributed by atoms with Gasteiger partial charge in [-0.1, -0.05) is 35.0 Å². The molecule has 2 heterocycles.